The second kappa shape index (κ2) is 2.49. The summed E-state index contributed by atoms with van der Waals surface area (Å²) in [6.45, 7) is 0.808. The summed E-state index contributed by atoms with van der Waals surface area (Å²) in [5.74, 6) is 1.01. The van der Waals surface area contributed by atoms with Gasteiger partial charge in [0.25, 0.3) is 0 Å². The number of hydrogen-bond donors (Lipinski definition) is 0. The van der Waals surface area contributed by atoms with Gasteiger partial charge in [-0.15, -0.1) is 0 Å². The highest BCUT2D eigenvalue weighted by Gasteiger charge is 2.12. The first-order valence-electron chi connectivity index (χ1n) is 4.50. The van der Waals surface area contributed by atoms with Crippen molar-refractivity contribution in [2.24, 2.45) is 0 Å². The fourth-order valence-corrected chi connectivity index (χ4v) is 1.77. The van der Waals surface area contributed by atoms with Gasteiger partial charge in [-0.05, 0) is 22.9 Å². The standard InChI is InChI=1S/C12H9O/c1-2-4-10-8-12-11(5-6-13-12)7-9(10)3-1/h1-4,8H,5-6H2. The van der Waals surface area contributed by atoms with E-state index in [9.17, 15) is 0 Å². The number of ether oxygens (including phenoxy) is 1. The van der Waals surface area contributed by atoms with Crippen LogP contribution in [0.15, 0.2) is 30.3 Å². The van der Waals surface area contributed by atoms with Crippen LogP contribution in [-0.4, -0.2) is 6.61 Å². The van der Waals surface area contributed by atoms with Gasteiger partial charge >= 0.3 is 0 Å². The topological polar surface area (TPSA) is 9.23 Å². The fraction of sp³-hybridized carbons (Fsp3) is 0.167. The van der Waals surface area contributed by atoms with Crippen LogP contribution in [0.2, 0.25) is 0 Å². The lowest BCUT2D eigenvalue weighted by atomic mass is 10.1. The van der Waals surface area contributed by atoms with E-state index in [1.165, 1.54) is 16.3 Å². The Balaban J connectivity index is 2.36. The van der Waals surface area contributed by atoms with E-state index in [4.69, 9.17) is 4.74 Å². The smallest absolute Gasteiger partial charge is 0.123 e. The molecule has 2 aromatic rings. The minimum absolute atomic E-state index is 0.808. The summed E-state index contributed by atoms with van der Waals surface area (Å²) < 4.78 is 5.48. The minimum Gasteiger partial charge on any atom is -0.493 e. The minimum atomic E-state index is 0.808. The van der Waals surface area contributed by atoms with Crippen LogP contribution in [0.4, 0.5) is 0 Å². The van der Waals surface area contributed by atoms with Crippen molar-refractivity contribution in [1.29, 1.82) is 0 Å². The largest absolute Gasteiger partial charge is 0.493 e. The number of fused-ring (bicyclic) bond motifs is 2. The van der Waals surface area contributed by atoms with Crippen molar-refractivity contribution in [3.8, 4) is 5.75 Å². The average molecular weight is 169 g/mol. The predicted octanol–water partition coefficient (Wildman–Crippen LogP) is 2.57. The molecule has 0 atom stereocenters. The van der Waals surface area contributed by atoms with Crippen molar-refractivity contribution in [2.45, 2.75) is 6.42 Å². The SMILES string of the molecule is [c]1c2c(cc3ccccc13)OCC2. The molecule has 0 aromatic heterocycles. The molecule has 0 amide bonds. The van der Waals surface area contributed by atoms with E-state index in [1.54, 1.807) is 0 Å². The van der Waals surface area contributed by atoms with Gasteiger partial charge in [-0.3, -0.25) is 0 Å². The Kier molecular flexibility index (Phi) is 1.33. The molecule has 0 aliphatic carbocycles. The van der Waals surface area contributed by atoms with Gasteiger partial charge in [0.2, 0.25) is 0 Å². The van der Waals surface area contributed by atoms with Crippen LogP contribution in [0.25, 0.3) is 10.8 Å². The van der Waals surface area contributed by atoms with E-state index in [2.05, 4.69) is 24.3 Å². The highest BCUT2D eigenvalue weighted by atomic mass is 16.5. The lowest BCUT2D eigenvalue weighted by Gasteiger charge is -2.00. The van der Waals surface area contributed by atoms with Gasteiger partial charge in [-0.1, -0.05) is 24.3 Å². The molecule has 0 spiro atoms. The monoisotopic (exact) mass is 169 g/mol. The third kappa shape index (κ3) is 1.00. The van der Waals surface area contributed by atoms with Gasteiger partial charge in [0.15, 0.2) is 0 Å². The Hall–Kier alpha value is -1.50. The molecular weight excluding hydrogens is 160 g/mol. The van der Waals surface area contributed by atoms with Crippen LogP contribution in [0, 0.1) is 6.07 Å². The van der Waals surface area contributed by atoms with Crippen LogP contribution in [-0.2, 0) is 6.42 Å². The summed E-state index contributed by atoms with van der Waals surface area (Å²) in [4.78, 5) is 0. The summed E-state index contributed by atoms with van der Waals surface area (Å²) in [7, 11) is 0. The first-order valence-corrected chi connectivity index (χ1v) is 4.50. The van der Waals surface area contributed by atoms with E-state index < -0.39 is 0 Å². The molecule has 3 rings (SSSR count). The Labute approximate surface area is 77.0 Å². The zero-order valence-corrected chi connectivity index (χ0v) is 7.21. The molecule has 1 nitrogen and oxygen atoms in total. The summed E-state index contributed by atoms with van der Waals surface area (Å²) in [5.41, 5.74) is 1.22. The molecular formula is C12H9O. The number of rotatable bonds is 0. The highest BCUT2D eigenvalue weighted by molar-refractivity contribution is 5.84. The van der Waals surface area contributed by atoms with Gasteiger partial charge in [0.1, 0.15) is 5.75 Å². The van der Waals surface area contributed by atoms with Crippen LogP contribution in [0.1, 0.15) is 5.56 Å². The molecule has 1 heteroatoms. The average Bonchev–Trinajstić information content (AvgIpc) is 2.61. The van der Waals surface area contributed by atoms with Crippen LogP contribution < -0.4 is 4.74 Å². The Morgan fingerprint density at radius 2 is 2.15 bits per heavy atom. The zero-order chi connectivity index (χ0) is 8.67. The first kappa shape index (κ1) is 6.96. The molecule has 0 saturated carbocycles. The molecule has 0 N–H and O–H groups in total. The highest BCUT2D eigenvalue weighted by Crippen LogP contribution is 2.29. The van der Waals surface area contributed by atoms with Crippen LogP contribution in [0.5, 0.6) is 5.75 Å². The summed E-state index contributed by atoms with van der Waals surface area (Å²) in [5, 5.41) is 2.40. The lowest BCUT2D eigenvalue weighted by molar-refractivity contribution is 0.357. The second-order valence-corrected chi connectivity index (χ2v) is 3.30. The van der Waals surface area contributed by atoms with E-state index >= 15 is 0 Å². The van der Waals surface area contributed by atoms with Crippen molar-refractivity contribution in [3.63, 3.8) is 0 Å². The van der Waals surface area contributed by atoms with Gasteiger partial charge in [-0.2, -0.15) is 0 Å². The fourth-order valence-electron chi connectivity index (χ4n) is 1.77. The van der Waals surface area contributed by atoms with Crippen LogP contribution in [0.3, 0.4) is 0 Å². The van der Waals surface area contributed by atoms with Crippen molar-refractivity contribution in [1.82, 2.24) is 0 Å². The summed E-state index contributed by atoms with van der Waals surface area (Å²) in [6.07, 6.45) is 1.00. The van der Waals surface area contributed by atoms with E-state index in [-0.39, 0.29) is 0 Å². The Bertz CT molecular complexity index is 417. The van der Waals surface area contributed by atoms with Gasteiger partial charge in [0.05, 0.1) is 6.61 Å². The van der Waals surface area contributed by atoms with Crippen molar-refractivity contribution in [2.75, 3.05) is 6.61 Å². The molecule has 1 heterocycles. The first-order chi connectivity index (χ1) is 6.43. The maximum absolute atomic E-state index is 5.48. The normalized spacial score (nSPS) is 14.2. The van der Waals surface area contributed by atoms with Gasteiger partial charge in [-0.25, -0.2) is 0 Å². The molecule has 1 aliphatic rings. The molecule has 63 valence electrons. The van der Waals surface area contributed by atoms with Gasteiger partial charge < -0.3 is 4.74 Å². The van der Waals surface area contributed by atoms with Crippen molar-refractivity contribution < 1.29 is 4.74 Å². The maximum atomic E-state index is 5.48. The van der Waals surface area contributed by atoms with Crippen LogP contribution >= 0.6 is 0 Å². The molecule has 0 bridgehead atoms. The Morgan fingerprint density at radius 3 is 3.15 bits per heavy atom. The molecule has 1 aliphatic heterocycles. The van der Waals surface area contributed by atoms with E-state index in [1.807, 2.05) is 12.1 Å². The lowest BCUT2D eigenvalue weighted by Crippen LogP contribution is -1.85. The number of benzene rings is 2. The molecule has 1 radical (unpaired) electrons. The molecule has 0 unspecified atom stereocenters. The molecule has 0 fully saturated rings. The molecule has 13 heavy (non-hydrogen) atoms. The van der Waals surface area contributed by atoms with Crippen molar-refractivity contribution >= 4 is 10.8 Å². The quantitative estimate of drug-likeness (QED) is 0.589. The summed E-state index contributed by atoms with van der Waals surface area (Å²) >= 11 is 0. The van der Waals surface area contributed by atoms with Gasteiger partial charge in [0, 0.05) is 12.0 Å². The summed E-state index contributed by atoms with van der Waals surface area (Å²) in [6, 6.07) is 13.8. The van der Waals surface area contributed by atoms with E-state index in [0.29, 0.717) is 0 Å². The predicted molar refractivity (Wildman–Crippen MR) is 52.0 cm³/mol. The van der Waals surface area contributed by atoms with Crippen molar-refractivity contribution in [3.05, 3.63) is 42.0 Å². The third-order valence-electron chi connectivity index (χ3n) is 2.44. The third-order valence-corrected chi connectivity index (χ3v) is 2.44. The molecule has 0 saturated heterocycles. The molecule has 2 aromatic carbocycles. The number of hydrogen-bond acceptors (Lipinski definition) is 1. The Morgan fingerprint density at radius 1 is 1.23 bits per heavy atom. The second-order valence-electron chi connectivity index (χ2n) is 3.30. The van der Waals surface area contributed by atoms with E-state index in [0.717, 1.165) is 18.8 Å². The zero-order valence-electron chi connectivity index (χ0n) is 7.21. The maximum Gasteiger partial charge on any atom is 0.123 e.